The Morgan fingerprint density at radius 3 is 1.88 bits per heavy atom. The lowest BCUT2D eigenvalue weighted by Crippen LogP contribution is -2.32. The molecule has 0 aromatic heterocycles. The van der Waals surface area contributed by atoms with Crippen LogP contribution in [0.3, 0.4) is 0 Å². The number of hydrogen-bond donors (Lipinski definition) is 3. The highest BCUT2D eigenvalue weighted by Gasteiger charge is 2.61. The van der Waals surface area contributed by atoms with Gasteiger partial charge in [-0.2, -0.15) is 0 Å². The van der Waals surface area contributed by atoms with Crippen molar-refractivity contribution in [2.75, 3.05) is 0 Å². The Kier molecular flexibility index (Phi) is 4.11. The van der Waals surface area contributed by atoms with Crippen molar-refractivity contribution in [3.8, 4) is 0 Å². The molecule has 0 radical (unpaired) electrons. The minimum Gasteiger partial charge on any atom is -0.450 e. The molecule has 2 aliphatic rings. The molecule has 2 aliphatic carbocycles. The van der Waals surface area contributed by atoms with E-state index in [1.807, 2.05) is 0 Å². The van der Waals surface area contributed by atoms with Gasteiger partial charge in [-0.1, -0.05) is 20.8 Å². The van der Waals surface area contributed by atoms with Crippen LogP contribution in [0.2, 0.25) is 0 Å². The molecule has 2 atom stereocenters. The predicted octanol–water partition coefficient (Wildman–Crippen LogP) is 2.79. The Morgan fingerprint density at radius 1 is 1.31 bits per heavy atom. The van der Waals surface area contributed by atoms with E-state index in [1.54, 1.807) is 0 Å². The van der Waals surface area contributed by atoms with Crippen molar-refractivity contribution in [2.45, 2.75) is 40.0 Å². The van der Waals surface area contributed by atoms with Gasteiger partial charge in [0.15, 0.2) is 0 Å². The monoisotopic (exact) mass is 231 g/mol. The molecular formula is C11H21NO4. The number of carboxylic acid groups (broad SMARTS) is 2. The van der Waals surface area contributed by atoms with E-state index >= 15 is 0 Å². The minimum absolute atomic E-state index is 0. The fourth-order valence-electron chi connectivity index (χ4n) is 2.90. The van der Waals surface area contributed by atoms with Gasteiger partial charge in [0.2, 0.25) is 0 Å². The average molecular weight is 231 g/mol. The fourth-order valence-corrected chi connectivity index (χ4v) is 2.90. The molecule has 0 saturated heterocycles. The van der Waals surface area contributed by atoms with Crippen LogP contribution in [0.5, 0.6) is 0 Å². The zero-order valence-electron chi connectivity index (χ0n) is 10.1. The highest BCUT2D eigenvalue weighted by Crippen LogP contribution is 2.63. The number of ketones is 1. The van der Waals surface area contributed by atoms with Crippen molar-refractivity contribution >= 4 is 11.9 Å². The van der Waals surface area contributed by atoms with E-state index in [2.05, 4.69) is 20.8 Å². The quantitative estimate of drug-likeness (QED) is 0.593. The first-order chi connectivity index (χ1) is 6.72. The molecule has 0 aromatic carbocycles. The third-order valence-electron chi connectivity index (χ3n) is 4.48. The average Bonchev–Trinajstić information content (AvgIpc) is 2.36. The first-order valence-corrected chi connectivity index (χ1v) is 5.17. The molecular weight excluding hydrogens is 210 g/mol. The van der Waals surface area contributed by atoms with Gasteiger partial charge >= 0.3 is 6.16 Å². The number of hydrogen-bond acceptors (Lipinski definition) is 3. The standard InChI is InChI=1S/C10H16O.CH2O3.H3N/c1-9(2)7-4-5-10(9,3)8(11)6-7;2-1(3)4;/h7H,4-6H2,1-3H3;(H2,2,3,4);1H3. The van der Waals surface area contributed by atoms with Gasteiger partial charge in [0.25, 0.3) is 0 Å². The van der Waals surface area contributed by atoms with Crippen LogP contribution in [0.15, 0.2) is 0 Å². The molecule has 16 heavy (non-hydrogen) atoms. The van der Waals surface area contributed by atoms with E-state index in [9.17, 15) is 4.79 Å². The first kappa shape index (κ1) is 14.9. The van der Waals surface area contributed by atoms with Crippen molar-refractivity contribution in [1.29, 1.82) is 0 Å². The summed E-state index contributed by atoms with van der Waals surface area (Å²) in [5.41, 5.74) is 0.307. The maximum atomic E-state index is 11.6. The lowest BCUT2D eigenvalue weighted by molar-refractivity contribution is -0.128. The largest absolute Gasteiger partial charge is 0.503 e. The Morgan fingerprint density at radius 2 is 1.75 bits per heavy atom. The van der Waals surface area contributed by atoms with Crippen molar-refractivity contribution in [1.82, 2.24) is 6.15 Å². The summed E-state index contributed by atoms with van der Waals surface area (Å²) >= 11 is 0. The molecule has 2 bridgehead atoms. The van der Waals surface area contributed by atoms with Gasteiger partial charge in [-0.25, -0.2) is 4.79 Å². The summed E-state index contributed by atoms with van der Waals surface area (Å²) in [7, 11) is 0. The predicted molar refractivity (Wildman–Crippen MR) is 59.9 cm³/mol. The highest BCUT2D eigenvalue weighted by molar-refractivity contribution is 5.89. The Balaban J connectivity index is 0.000000397. The van der Waals surface area contributed by atoms with E-state index in [4.69, 9.17) is 15.0 Å². The van der Waals surface area contributed by atoms with Gasteiger partial charge in [0, 0.05) is 11.8 Å². The van der Waals surface area contributed by atoms with Crippen LogP contribution in [0.4, 0.5) is 4.79 Å². The van der Waals surface area contributed by atoms with Crippen molar-refractivity contribution < 1.29 is 19.8 Å². The normalized spacial score (nSPS) is 33.7. The van der Waals surface area contributed by atoms with Gasteiger partial charge in [0.05, 0.1) is 0 Å². The summed E-state index contributed by atoms with van der Waals surface area (Å²) in [5.74, 6) is 1.19. The van der Waals surface area contributed by atoms with Crippen LogP contribution in [0.1, 0.15) is 40.0 Å². The van der Waals surface area contributed by atoms with Crippen molar-refractivity contribution in [3.05, 3.63) is 0 Å². The molecule has 2 fully saturated rings. The number of Topliss-reactive ketones (excluding diaryl/α,β-unsaturated/α-hetero) is 1. The molecule has 5 nitrogen and oxygen atoms in total. The van der Waals surface area contributed by atoms with E-state index in [1.165, 1.54) is 6.42 Å². The molecule has 94 valence electrons. The smallest absolute Gasteiger partial charge is 0.450 e. The van der Waals surface area contributed by atoms with E-state index in [-0.39, 0.29) is 17.0 Å². The second kappa shape index (κ2) is 4.41. The molecule has 0 aliphatic heterocycles. The molecule has 0 spiro atoms. The lowest BCUT2D eigenvalue weighted by atomic mass is 9.70. The first-order valence-electron chi connectivity index (χ1n) is 5.17. The SMILES string of the molecule is CC12CCC(CC1=O)C2(C)C.N.O=C(O)O. The summed E-state index contributed by atoms with van der Waals surface area (Å²) in [6.07, 6.45) is 1.42. The van der Waals surface area contributed by atoms with Crippen LogP contribution in [-0.2, 0) is 4.79 Å². The van der Waals surface area contributed by atoms with Crippen LogP contribution < -0.4 is 6.15 Å². The number of fused-ring (bicyclic) bond motifs is 2. The molecule has 0 amide bonds. The second-order valence-electron chi connectivity index (χ2n) is 5.20. The summed E-state index contributed by atoms with van der Waals surface area (Å²) in [6, 6.07) is 0. The van der Waals surface area contributed by atoms with Gasteiger partial charge in [-0.15, -0.1) is 0 Å². The van der Waals surface area contributed by atoms with Crippen molar-refractivity contribution in [2.24, 2.45) is 16.7 Å². The van der Waals surface area contributed by atoms with E-state index in [0.29, 0.717) is 11.7 Å². The van der Waals surface area contributed by atoms with Gasteiger partial charge in [-0.3, -0.25) is 4.79 Å². The van der Waals surface area contributed by atoms with Crippen LogP contribution >= 0.6 is 0 Å². The zero-order chi connectivity index (χ0) is 11.9. The highest BCUT2D eigenvalue weighted by atomic mass is 16.6. The third kappa shape index (κ3) is 2.04. The summed E-state index contributed by atoms with van der Waals surface area (Å²) in [6.45, 7) is 6.67. The van der Waals surface area contributed by atoms with Crippen LogP contribution in [-0.4, -0.2) is 22.2 Å². The number of carbonyl (C=O) groups excluding carboxylic acids is 1. The minimum atomic E-state index is -1.83. The fraction of sp³-hybridized carbons (Fsp3) is 0.818. The third-order valence-corrected chi connectivity index (χ3v) is 4.48. The van der Waals surface area contributed by atoms with E-state index < -0.39 is 6.16 Å². The zero-order valence-corrected chi connectivity index (χ0v) is 10.1. The second-order valence-corrected chi connectivity index (χ2v) is 5.20. The Hall–Kier alpha value is -1.10. The van der Waals surface area contributed by atoms with E-state index in [0.717, 1.165) is 12.8 Å². The molecule has 2 rings (SSSR count). The number of rotatable bonds is 0. The maximum Gasteiger partial charge on any atom is 0.503 e. The topological polar surface area (TPSA) is 110 Å². The number of carbonyl (C=O) groups is 2. The summed E-state index contributed by atoms with van der Waals surface area (Å²) in [4.78, 5) is 20.1. The molecule has 0 heterocycles. The molecule has 0 aromatic rings. The van der Waals surface area contributed by atoms with Crippen molar-refractivity contribution in [3.63, 3.8) is 0 Å². The molecule has 2 unspecified atom stereocenters. The Bertz CT molecular complexity index is 296. The summed E-state index contributed by atoms with van der Waals surface area (Å²) < 4.78 is 0. The maximum absolute atomic E-state index is 11.6. The van der Waals surface area contributed by atoms with Crippen LogP contribution in [0.25, 0.3) is 0 Å². The van der Waals surface area contributed by atoms with Gasteiger partial charge < -0.3 is 16.4 Å². The van der Waals surface area contributed by atoms with Gasteiger partial charge in [-0.05, 0) is 24.2 Å². The molecule has 5 N–H and O–H groups in total. The van der Waals surface area contributed by atoms with Gasteiger partial charge in [0.1, 0.15) is 5.78 Å². The molecule has 2 saturated carbocycles. The summed E-state index contributed by atoms with van der Waals surface area (Å²) in [5, 5.41) is 13.9. The molecule has 5 heteroatoms. The van der Waals surface area contributed by atoms with Crippen LogP contribution in [0, 0.1) is 16.7 Å². The Labute approximate surface area is 95.4 Å². The lowest BCUT2D eigenvalue weighted by Gasteiger charge is -2.32.